The molecule has 0 aliphatic carbocycles. The Morgan fingerprint density at radius 2 is 2.12 bits per heavy atom. The first-order chi connectivity index (χ1) is 11.9. The minimum absolute atomic E-state index is 0.265. The molecule has 6 nitrogen and oxygen atoms in total. The number of thioether (sulfide) groups is 1. The number of nitrogens with one attached hydrogen (secondary N) is 1. The van der Waals surface area contributed by atoms with Gasteiger partial charge in [0, 0.05) is 6.92 Å². The fourth-order valence-corrected chi connectivity index (χ4v) is 3.48. The number of hydrogen-bond acceptors (Lipinski definition) is 5. The number of rotatable bonds is 6. The molecule has 2 rings (SSSR count). The minimum atomic E-state index is -0.380. The van der Waals surface area contributed by atoms with Gasteiger partial charge in [0.05, 0.1) is 22.6 Å². The number of halogens is 1. The van der Waals surface area contributed by atoms with Crippen molar-refractivity contribution >= 4 is 50.7 Å². The number of benzene rings is 1. The van der Waals surface area contributed by atoms with Gasteiger partial charge in [0.15, 0.2) is 16.7 Å². The molecule has 8 heteroatoms. The van der Waals surface area contributed by atoms with Crippen molar-refractivity contribution in [3.63, 3.8) is 0 Å². The highest BCUT2D eigenvalue weighted by Crippen LogP contribution is 2.38. The molecule has 1 N–H and O–H groups in total. The van der Waals surface area contributed by atoms with E-state index in [0.717, 1.165) is 28.2 Å². The summed E-state index contributed by atoms with van der Waals surface area (Å²) in [5, 5.41) is 2.81. The molecule has 1 aromatic rings. The van der Waals surface area contributed by atoms with Gasteiger partial charge in [-0.15, -0.1) is 0 Å². The van der Waals surface area contributed by atoms with E-state index in [1.165, 1.54) is 6.92 Å². The van der Waals surface area contributed by atoms with Gasteiger partial charge in [-0.2, -0.15) is 4.99 Å². The predicted molar refractivity (Wildman–Crippen MR) is 103 cm³/mol. The SMILES string of the molecule is CCCOc1c(Br)cc(/C=C2\SC(NC(C)=O)=NC2=O)cc1OCC. The number of nitrogens with zero attached hydrogens (tertiary/aromatic N) is 1. The van der Waals surface area contributed by atoms with Crippen molar-refractivity contribution in [3.05, 3.63) is 27.1 Å². The van der Waals surface area contributed by atoms with E-state index >= 15 is 0 Å². The number of amidine groups is 1. The molecular formula is C17H19BrN2O4S. The first kappa shape index (κ1) is 19.5. The van der Waals surface area contributed by atoms with Gasteiger partial charge < -0.3 is 14.8 Å². The monoisotopic (exact) mass is 426 g/mol. The van der Waals surface area contributed by atoms with Crippen molar-refractivity contribution < 1.29 is 19.1 Å². The highest BCUT2D eigenvalue weighted by Gasteiger charge is 2.23. The zero-order chi connectivity index (χ0) is 18.4. The molecule has 1 aliphatic rings. The second kappa shape index (κ2) is 9.05. The zero-order valence-corrected chi connectivity index (χ0v) is 16.6. The lowest BCUT2D eigenvalue weighted by Gasteiger charge is -2.14. The van der Waals surface area contributed by atoms with Crippen molar-refractivity contribution in [3.8, 4) is 11.5 Å². The molecule has 0 fully saturated rings. The van der Waals surface area contributed by atoms with E-state index in [-0.39, 0.29) is 17.0 Å². The Morgan fingerprint density at radius 3 is 2.76 bits per heavy atom. The van der Waals surface area contributed by atoms with Crippen LogP contribution in [0.5, 0.6) is 11.5 Å². The predicted octanol–water partition coefficient (Wildman–Crippen LogP) is 3.74. The van der Waals surface area contributed by atoms with Gasteiger partial charge in [-0.3, -0.25) is 9.59 Å². The van der Waals surface area contributed by atoms with Crippen molar-refractivity contribution in [2.24, 2.45) is 4.99 Å². The van der Waals surface area contributed by atoms with Crippen LogP contribution in [0.4, 0.5) is 0 Å². The van der Waals surface area contributed by atoms with Gasteiger partial charge >= 0.3 is 0 Å². The van der Waals surface area contributed by atoms with E-state index < -0.39 is 0 Å². The number of ether oxygens (including phenoxy) is 2. The lowest BCUT2D eigenvalue weighted by atomic mass is 10.2. The van der Waals surface area contributed by atoms with Gasteiger partial charge in [0.2, 0.25) is 5.91 Å². The molecule has 25 heavy (non-hydrogen) atoms. The molecule has 0 radical (unpaired) electrons. The Hall–Kier alpha value is -1.80. The second-order valence-electron chi connectivity index (χ2n) is 5.13. The van der Waals surface area contributed by atoms with Crippen LogP contribution in [0.1, 0.15) is 32.8 Å². The molecule has 2 amide bonds. The van der Waals surface area contributed by atoms with Crippen LogP contribution in [0, 0.1) is 0 Å². The smallest absolute Gasteiger partial charge is 0.286 e. The van der Waals surface area contributed by atoms with E-state index in [1.807, 2.05) is 26.0 Å². The average molecular weight is 427 g/mol. The highest BCUT2D eigenvalue weighted by atomic mass is 79.9. The van der Waals surface area contributed by atoms with E-state index in [1.54, 1.807) is 6.08 Å². The third-order valence-corrected chi connectivity index (χ3v) is 4.47. The molecule has 0 unspecified atom stereocenters. The summed E-state index contributed by atoms with van der Waals surface area (Å²) in [6, 6.07) is 3.67. The normalized spacial score (nSPS) is 15.3. The Labute approximate surface area is 159 Å². The number of carbonyl (C=O) groups is 2. The quantitative estimate of drug-likeness (QED) is 0.700. The summed E-state index contributed by atoms with van der Waals surface area (Å²) < 4.78 is 12.1. The molecule has 0 spiro atoms. The summed E-state index contributed by atoms with van der Waals surface area (Å²) in [7, 11) is 0. The van der Waals surface area contributed by atoms with E-state index in [9.17, 15) is 9.59 Å². The van der Waals surface area contributed by atoms with Crippen molar-refractivity contribution in [1.82, 2.24) is 5.32 Å². The molecular weight excluding hydrogens is 408 g/mol. The summed E-state index contributed by atoms with van der Waals surface area (Å²) in [6.45, 7) is 6.38. The summed E-state index contributed by atoms with van der Waals surface area (Å²) in [6.07, 6.45) is 2.60. The van der Waals surface area contributed by atoms with Gasteiger partial charge in [0.25, 0.3) is 5.91 Å². The molecule has 1 aliphatic heterocycles. The summed E-state index contributed by atoms with van der Waals surface area (Å²) >= 11 is 4.62. The Balaban J connectivity index is 2.28. The van der Waals surface area contributed by atoms with Crippen molar-refractivity contribution in [1.29, 1.82) is 0 Å². The average Bonchev–Trinajstić information content (AvgIpc) is 2.85. The van der Waals surface area contributed by atoms with Crippen LogP contribution >= 0.6 is 27.7 Å². The van der Waals surface area contributed by atoms with Crippen molar-refractivity contribution in [2.75, 3.05) is 13.2 Å². The van der Waals surface area contributed by atoms with Gasteiger partial charge in [-0.05, 0) is 64.8 Å². The van der Waals surface area contributed by atoms with Crippen LogP contribution in [0.15, 0.2) is 26.5 Å². The largest absolute Gasteiger partial charge is 0.490 e. The van der Waals surface area contributed by atoms with Crippen molar-refractivity contribution in [2.45, 2.75) is 27.2 Å². The molecule has 0 atom stereocenters. The third-order valence-electron chi connectivity index (χ3n) is 2.98. The standard InChI is InChI=1S/C17H19BrN2O4S/c1-4-6-24-15-12(18)7-11(8-13(15)23-5-2)9-14-16(22)20-17(25-14)19-10(3)21/h7-9H,4-6H2,1-3H3,(H,19,20,21,22)/b14-9-. The van der Waals surface area contributed by atoms with E-state index in [4.69, 9.17) is 9.47 Å². The van der Waals surface area contributed by atoms with Crippen LogP contribution in [-0.4, -0.2) is 30.2 Å². The van der Waals surface area contributed by atoms with E-state index in [2.05, 4.69) is 26.2 Å². The maximum Gasteiger partial charge on any atom is 0.286 e. The first-order valence-corrected chi connectivity index (χ1v) is 9.44. The fourth-order valence-electron chi connectivity index (χ4n) is 2.04. The number of amides is 2. The molecule has 1 aromatic carbocycles. The first-order valence-electron chi connectivity index (χ1n) is 7.83. The van der Waals surface area contributed by atoms with E-state index in [0.29, 0.717) is 29.6 Å². The van der Waals surface area contributed by atoms with Crippen LogP contribution in [0.25, 0.3) is 6.08 Å². The molecule has 0 saturated heterocycles. The fraction of sp³-hybridized carbons (Fsp3) is 0.353. The molecule has 0 saturated carbocycles. The maximum absolute atomic E-state index is 12.0. The number of aliphatic imine (C=N–C) groups is 1. The molecule has 0 aromatic heterocycles. The molecule has 134 valence electrons. The summed E-state index contributed by atoms with van der Waals surface area (Å²) in [5.74, 6) is 0.607. The van der Waals surface area contributed by atoms with Gasteiger partial charge in [-0.1, -0.05) is 6.92 Å². The Kier molecular flexibility index (Phi) is 7.07. The molecule has 1 heterocycles. The Bertz CT molecular complexity index is 746. The van der Waals surface area contributed by atoms with Crippen LogP contribution < -0.4 is 14.8 Å². The third kappa shape index (κ3) is 5.34. The number of hydrogen-bond donors (Lipinski definition) is 1. The zero-order valence-electron chi connectivity index (χ0n) is 14.2. The second-order valence-corrected chi connectivity index (χ2v) is 7.01. The molecule has 0 bridgehead atoms. The van der Waals surface area contributed by atoms with Gasteiger partial charge in [0.1, 0.15) is 0 Å². The van der Waals surface area contributed by atoms with Crippen LogP contribution in [-0.2, 0) is 9.59 Å². The lowest BCUT2D eigenvalue weighted by molar-refractivity contribution is -0.117. The summed E-state index contributed by atoms with van der Waals surface area (Å²) in [4.78, 5) is 27.3. The number of carbonyl (C=O) groups excluding carboxylic acids is 2. The van der Waals surface area contributed by atoms with Gasteiger partial charge in [-0.25, -0.2) is 0 Å². The maximum atomic E-state index is 12.0. The summed E-state index contributed by atoms with van der Waals surface area (Å²) in [5.41, 5.74) is 0.772. The van der Waals surface area contributed by atoms with Crippen LogP contribution in [0.3, 0.4) is 0 Å². The van der Waals surface area contributed by atoms with Crippen LogP contribution in [0.2, 0.25) is 0 Å². The minimum Gasteiger partial charge on any atom is -0.490 e. The topological polar surface area (TPSA) is 77.0 Å². The highest BCUT2D eigenvalue weighted by molar-refractivity contribution is 9.10. The Morgan fingerprint density at radius 1 is 1.36 bits per heavy atom. The lowest BCUT2D eigenvalue weighted by Crippen LogP contribution is -2.23.